The molecule has 1 rings (SSSR count). The Morgan fingerprint density at radius 1 is 1.64 bits per heavy atom. The summed E-state index contributed by atoms with van der Waals surface area (Å²) in [7, 11) is 0. The first kappa shape index (κ1) is 10.7. The molecule has 1 atom stereocenters. The Morgan fingerprint density at radius 3 is 2.93 bits per heavy atom. The van der Waals surface area contributed by atoms with Gasteiger partial charge in [-0.1, -0.05) is 19.1 Å². The summed E-state index contributed by atoms with van der Waals surface area (Å²) in [5.74, 6) is 0.408. The van der Waals surface area contributed by atoms with Crippen LogP contribution >= 0.6 is 0 Å². The maximum Gasteiger partial charge on any atom is 0.129 e. The molecule has 5 nitrogen and oxygen atoms in total. The van der Waals surface area contributed by atoms with E-state index in [1.165, 1.54) is 4.68 Å². The minimum Gasteiger partial charge on any atom is -0.387 e. The average molecular weight is 194 g/mol. The summed E-state index contributed by atoms with van der Waals surface area (Å²) in [6, 6.07) is 1.96. The fraction of sp³-hybridized carbons (Fsp3) is 0.667. The molecular formula is C9H14N4O. The van der Waals surface area contributed by atoms with Crippen molar-refractivity contribution in [3.63, 3.8) is 0 Å². The largest absolute Gasteiger partial charge is 0.387 e. The van der Waals surface area contributed by atoms with Gasteiger partial charge in [-0.3, -0.25) is 0 Å². The van der Waals surface area contributed by atoms with Gasteiger partial charge in [0.2, 0.25) is 0 Å². The van der Waals surface area contributed by atoms with Gasteiger partial charge in [-0.15, -0.1) is 5.10 Å². The van der Waals surface area contributed by atoms with E-state index >= 15 is 0 Å². The third kappa shape index (κ3) is 2.82. The lowest BCUT2D eigenvalue weighted by Crippen LogP contribution is -2.02. The van der Waals surface area contributed by atoms with Crippen molar-refractivity contribution in [2.24, 2.45) is 5.92 Å². The van der Waals surface area contributed by atoms with Crippen LogP contribution in [0.5, 0.6) is 0 Å². The predicted molar refractivity (Wildman–Crippen MR) is 50.0 cm³/mol. The number of rotatable bonds is 4. The number of aliphatic hydroxyl groups excluding tert-OH is 1. The van der Waals surface area contributed by atoms with Gasteiger partial charge in [0.1, 0.15) is 12.2 Å². The van der Waals surface area contributed by atoms with Crippen LogP contribution in [-0.4, -0.2) is 20.1 Å². The van der Waals surface area contributed by atoms with E-state index in [-0.39, 0.29) is 6.54 Å². The first-order valence-electron chi connectivity index (χ1n) is 4.58. The van der Waals surface area contributed by atoms with Crippen LogP contribution in [0.25, 0.3) is 0 Å². The molecule has 0 amide bonds. The topological polar surface area (TPSA) is 74.7 Å². The van der Waals surface area contributed by atoms with Gasteiger partial charge in [0.05, 0.1) is 18.4 Å². The Balaban J connectivity index is 2.62. The quantitative estimate of drug-likeness (QED) is 0.772. The predicted octanol–water partition coefficient (Wildman–Crippen LogP) is 0.881. The Morgan fingerprint density at radius 2 is 2.36 bits per heavy atom. The number of hydrogen-bond donors (Lipinski definition) is 1. The highest BCUT2D eigenvalue weighted by molar-refractivity contribution is 4.98. The smallest absolute Gasteiger partial charge is 0.129 e. The lowest BCUT2D eigenvalue weighted by atomic mass is 10.0. The summed E-state index contributed by atoms with van der Waals surface area (Å²) in [6.07, 6.45) is 1.68. The number of nitrogens with zero attached hydrogens (tertiary/aromatic N) is 4. The summed E-state index contributed by atoms with van der Waals surface area (Å²) in [6.45, 7) is 4.23. The van der Waals surface area contributed by atoms with E-state index in [4.69, 9.17) is 5.26 Å². The lowest BCUT2D eigenvalue weighted by Gasteiger charge is -2.08. The van der Waals surface area contributed by atoms with Gasteiger partial charge < -0.3 is 5.11 Å². The molecule has 1 aromatic heterocycles. The van der Waals surface area contributed by atoms with E-state index in [1.807, 2.05) is 19.9 Å². The van der Waals surface area contributed by atoms with Crippen LogP contribution in [-0.2, 0) is 6.54 Å². The molecule has 1 heterocycles. The van der Waals surface area contributed by atoms with Crippen molar-refractivity contribution < 1.29 is 5.11 Å². The minimum absolute atomic E-state index is 0.168. The Hall–Kier alpha value is -1.41. The van der Waals surface area contributed by atoms with Crippen LogP contribution in [0.4, 0.5) is 0 Å². The second-order valence-corrected chi connectivity index (χ2v) is 3.64. The highest BCUT2D eigenvalue weighted by atomic mass is 16.3. The lowest BCUT2D eigenvalue weighted by molar-refractivity contribution is 0.146. The van der Waals surface area contributed by atoms with Gasteiger partial charge >= 0.3 is 0 Å². The van der Waals surface area contributed by atoms with Gasteiger partial charge in [-0.2, -0.15) is 5.26 Å². The van der Waals surface area contributed by atoms with Crippen molar-refractivity contribution in [3.8, 4) is 6.07 Å². The van der Waals surface area contributed by atoms with Gasteiger partial charge in [0, 0.05) is 0 Å². The van der Waals surface area contributed by atoms with Crippen molar-refractivity contribution in [2.45, 2.75) is 32.9 Å². The van der Waals surface area contributed by atoms with Crippen molar-refractivity contribution >= 4 is 0 Å². The van der Waals surface area contributed by atoms with Crippen LogP contribution in [0, 0.1) is 17.2 Å². The fourth-order valence-corrected chi connectivity index (χ4v) is 1.18. The van der Waals surface area contributed by atoms with Crippen LogP contribution in [0.15, 0.2) is 6.20 Å². The summed E-state index contributed by atoms with van der Waals surface area (Å²) in [5.41, 5.74) is 0.536. The molecule has 0 radical (unpaired) electrons. The SMILES string of the molecule is CC(C)CC(O)c1cn(CC#N)nn1. The number of aliphatic hydroxyl groups is 1. The first-order chi connectivity index (χ1) is 6.63. The van der Waals surface area contributed by atoms with Crippen LogP contribution in [0.1, 0.15) is 32.1 Å². The second-order valence-electron chi connectivity index (χ2n) is 3.64. The molecule has 0 saturated carbocycles. The molecule has 0 bridgehead atoms. The minimum atomic E-state index is -0.581. The fourth-order valence-electron chi connectivity index (χ4n) is 1.18. The molecule has 1 aromatic rings. The van der Waals surface area contributed by atoms with Gasteiger partial charge in [-0.25, -0.2) is 4.68 Å². The molecule has 1 N–H and O–H groups in total. The molecule has 0 saturated heterocycles. The van der Waals surface area contributed by atoms with Crippen LogP contribution in [0.3, 0.4) is 0 Å². The summed E-state index contributed by atoms with van der Waals surface area (Å²) < 4.78 is 1.42. The summed E-state index contributed by atoms with van der Waals surface area (Å²) >= 11 is 0. The Labute approximate surface area is 83.0 Å². The van der Waals surface area contributed by atoms with E-state index < -0.39 is 6.10 Å². The average Bonchev–Trinajstić information content (AvgIpc) is 2.52. The Kier molecular flexibility index (Phi) is 3.60. The van der Waals surface area contributed by atoms with Gasteiger partial charge in [-0.05, 0) is 12.3 Å². The molecular weight excluding hydrogens is 180 g/mol. The summed E-state index contributed by atoms with van der Waals surface area (Å²) in [5, 5.41) is 25.6. The molecule has 0 fully saturated rings. The van der Waals surface area contributed by atoms with Crippen LogP contribution in [0.2, 0.25) is 0 Å². The molecule has 0 spiro atoms. The maximum atomic E-state index is 9.67. The molecule has 14 heavy (non-hydrogen) atoms. The third-order valence-electron chi connectivity index (χ3n) is 1.83. The summed E-state index contributed by atoms with van der Waals surface area (Å²) in [4.78, 5) is 0. The monoisotopic (exact) mass is 194 g/mol. The van der Waals surface area contributed by atoms with Crippen LogP contribution < -0.4 is 0 Å². The molecule has 0 aliphatic heterocycles. The number of nitriles is 1. The normalized spacial score (nSPS) is 12.8. The van der Waals surface area contributed by atoms with E-state index in [0.717, 1.165) is 0 Å². The molecule has 0 aromatic carbocycles. The zero-order valence-corrected chi connectivity index (χ0v) is 8.38. The van der Waals surface area contributed by atoms with Crippen molar-refractivity contribution in [1.29, 1.82) is 5.26 Å². The molecule has 5 heteroatoms. The zero-order chi connectivity index (χ0) is 10.6. The number of aromatic nitrogens is 3. The second kappa shape index (κ2) is 4.72. The zero-order valence-electron chi connectivity index (χ0n) is 8.38. The molecule has 76 valence electrons. The highest BCUT2D eigenvalue weighted by Crippen LogP contribution is 2.18. The van der Waals surface area contributed by atoms with Gasteiger partial charge in [0.15, 0.2) is 0 Å². The Bertz CT molecular complexity index is 326. The molecule has 0 aliphatic carbocycles. The van der Waals surface area contributed by atoms with Crippen molar-refractivity contribution in [3.05, 3.63) is 11.9 Å². The number of hydrogen-bond acceptors (Lipinski definition) is 4. The molecule has 0 aliphatic rings. The standard InChI is InChI=1S/C9H14N4O/c1-7(2)5-9(14)8-6-13(4-3-10)12-11-8/h6-7,9,14H,4-5H2,1-2H3. The van der Waals surface area contributed by atoms with Crippen molar-refractivity contribution in [1.82, 2.24) is 15.0 Å². The third-order valence-corrected chi connectivity index (χ3v) is 1.83. The van der Waals surface area contributed by atoms with Gasteiger partial charge in [0.25, 0.3) is 0 Å². The van der Waals surface area contributed by atoms with E-state index in [2.05, 4.69) is 10.3 Å². The molecule has 1 unspecified atom stereocenters. The van der Waals surface area contributed by atoms with E-state index in [0.29, 0.717) is 18.0 Å². The maximum absolute atomic E-state index is 9.67. The van der Waals surface area contributed by atoms with Crippen molar-refractivity contribution in [2.75, 3.05) is 0 Å². The first-order valence-corrected chi connectivity index (χ1v) is 4.58. The van der Waals surface area contributed by atoms with E-state index in [9.17, 15) is 5.11 Å². The van der Waals surface area contributed by atoms with E-state index in [1.54, 1.807) is 6.20 Å². The highest BCUT2D eigenvalue weighted by Gasteiger charge is 2.13.